The molecule has 2 heterocycles. The molecule has 1 aromatic heterocycles. The number of carboxylic acids is 1. The zero-order valence-corrected chi connectivity index (χ0v) is 16.0. The van der Waals surface area contributed by atoms with Crippen molar-refractivity contribution in [3.8, 4) is 0 Å². The van der Waals surface area contributed by atoms with E-state index in [-0.39, 0.29) is 6.10 Å². The summed E-state index contributed by atoms with van der Waals surface area (Å²) in [5.74, 6) is -0.880. The third-order valence-electron chi connectivity index (χ3n) is 5.08. The number of nitrogens with zero attached hydrogens (tertiary/aromatic N) is 1. The van der Waals surface area contributed by atoms with Gasteiger partial charge in [-0.1, -0.05) is 23.7 Å². The minimum atomic E-state index is -0.880. The van der Waals surface area contributed by atoms with Gasteiger partial charge in [0.05, 0.1) is 11.7 Å². The highest BCUT2D eigenvalue weighted by Crippen LogP contribution is 2.24. The molecule has 0 radical (unpaired) electrons. The highest BCUT2D eigenvalue weighted by molar-refractivity contribution is 6.30. The standard InChI is InChI=1S/C20H25ClN2O3/c1-13-18(11-22-10-17-4-3-9-26-17)19(20(24)25)14(2)23(13)12-15-5-7-16(21)8-6-15/h5-8,17,22H,3-4,9-12H2,1-2H3,(H,24,25). The molecule has 2 aromatic rings. The summed E-state index contributed by atoms with van der Waals surface area (Å²) in [6.45, 7) is 6.58. The van der Waals surface area contributed by atoms with Gasteiger partial charge < -0.3 is 19.7 Å². The van der Waals surface area contributed by atoms with Crippen LogP contribution in [0.5, 0.6) is 0 Å². The van der Waals surface area contributed by atoms with E-state index in [2.05, 4.69) is 9.88 Å². The Morgan fingerprint density at radius 3 is 2.65 bits per heavy atom. The number of hydrogen-bond donors (Lipinski definition) is 2. The Labute approximate surface area is 158 Å². The monoisotopic (exact) mass is 376 g/mol. The van der Waals surface area contributed by atoms with E-state index in [1.807, 2.05) is 38.1 Å². The predicted octanol–water partition coefficient (Wildman–Crippen LogP) is 3.77. The molecule has 1 fully saturated rings. The summed E-state index contributed by atoms with van der Waals surface area (Å²) in [6.07, 6.45) is 2.40. The number of aromatic nitrogens is 1. The van der Waals surface area contributed by atoms with E-state index in [0.717, 1.165) is 48.5 Å². The Bertz CT molecular complexity index is 777. The van der Waals surface area contributed by atoms with Gasteiger partial charge in [-0.05, 0) is 44.4 Å². The van der Waals surface area contributed by atoms with E-state index < -0.39 is 5.97 Å². The Morgan fingerprint density at radius 1 is 1.31 bits per heavy atom. The van der Waals surface area contributed by atoms with E-state index in [9.17, 15) is 9.90 Å². The molecule has 26 heavy (non-hydrogen) atoms. The quantitative estimate of drug-likeness (QED) is 0.772. The molecule has 3 rings (SSSR count). The van der Waals surface area contributed by atoms with Crippen molar-refractivity contribution in [3.63, 3.8) is 0 Å². The number of benzene rings is 1. The Hall–Kier alpha value is -1.82. The van der Waals surface area contributed by atoms with Gasteiger partial charge in [0.15, 0.2) is 0 Å². The Morgan fingerprint density at radius 2 is 2.04 bits per heavy atom. The normalized spacial score (nSPS) is 17.0. The number of rotatable bonds is 7. The summed E-state index contributed by atoms with van der Waals surface area (Å²) < 4.78 is 7.69. The maximum atomic E-state index is 11.8. The third-order valence-corrected chi connectivity index (χ3v) is 5.33. The molecule has 2 N–H and O–H groups in total. The van der Waals surface area contributed by atoms with Crippen molar-refractivity contribution in [2.24, 2.45) is 0 Å². The Balaban J connectivity index is 1.80. The first-order chi connectivity index (χ1) is 12.5. The van der Waals surface area contributed by atoms with Crippen LogP contribution < -0.4 is 5.32 Å². The minimum Gasteiger partial charge on any atom is -0.478 e. The van der Waals surface area contributed by atoms with E-state index in [1.165, 1.54) is 0 Å². The summed E-state index contributed by atoms with van der Waals surface area (Å²) in [5.41, 5.74) is 4.10. The first kappa shape index (κ1) is 19.0. The fourth-order valence-corrected chi connectivity index (χ4v) is 3.75. The largest absolute Gasteiger partial charge is 0.478 e. The maximum Gasteiger partial charge on any atom is 0.337 e. The second-order valence-corrected chi connectivity index (χ2v) is 7.24. The van der Waals surface area contributed by atoms with Gasteiger partial charge in [0.25, 0.3) is 0 Å². The maximum absolute atomic E-state index is 11.8. The second-order valence-electron chi connectivity index (χ2n) is 6.81. The molecule has 0 amide bonds. The fourth-order valence-electron chi connectivity index (χ4n) is 3.62. The lowest BCUT2D eigenvalue weighted by atomic mass is 10.1. The third kappa shape index (κ3) is 4.11. The molecule has 1 aliphatic heterocycles. The molecular formula is C20H25ClN2O3. The van der Waals surface area contributed by atoms with Gasteiger partial charge in [-0.25, -0.2) is 4.79 Å². The summed E-state index contributed by atoms with van der Waals surface area (Å²) >= 11 is 5.96. The number of carbonyl (C=O) groups is 1. The molecule has 5 nitrogen and oxygen atoms in total. The number of ether oxygens (including phenoxy) is 1. The summed E-state index contributed by atoms with van der Waals surface area (Å²) in [4.78, 5) is 11.8. The number of hydrogen-bond acceptors (Lipinski definition) is 3. The van der Waals surface area contributed by atoms with Crippen LogP contribution in [0.4, 0.5) is 0 Å². The van der Waals surface area contributed by atoms with Crippen molar-refractivity contribution in [2.75, 3.05) is 13.2 Å². The van der Waals surface area contributed by atoms with E-state index in [0.29, 0.717) is 23.7 Å². The topological polar surface area (TPSA) is 63.5 Å². The molecule has 140 valence electrons. The van der Waals surface area contributed by atoms with Crippen LogP contribution >= 0.6 is 11.6 Å². The van der Waals surface area contributed by atoms with Crippen molar-refractivity contribution in [2.45, 2.75) is 45.9 Å². The molecule has 6 heteroatoms. The summed E-state index contributed by atoms with van der Waals surface area (Å²) in [5, 5.41) is 13.8. The highest BCUT2D eigenvalue weighted by Gasteiger charge is 2.23. The molecule has 1 saturated heterocycles. The van der Waals surface area contributed by atoms with Crippen LogP contribution in [-0.4, -0.2) is 34.9 Å². The van der Waals surface area contributed by atoms with Gasteiger partial charge in [0, 0.05) is 48.2 Å². The highest BCUT2D eigenvalue weighted by atomic mass is 35.5. The lowest BCUT2D eigenvalue weighted by Crippen LogP contribution is -2.26. The summed E-state index contributed by atoms with van der Waals surface area (Å²) in [6, 6.07) is 7.65. The van der Waals surface area contributed by atoms with Crippen LogP contribution in [0.25, 0.3) is 0 Å². The van der Waals surface area contributed by atoms with Crippen molar-refractivity contribution in [3.05, 3.63) is 57.4 Å². The zero-order chi connectivity index (χ0) is 18.7. The number of nitrogens with one attached hydrogen (secondary N) is 1. The Kier molecular flexibility index (Phi) is 6.01. The van der Waals surface area contributed by atoms with Crippen LogP contribution in [-0.2, 0) is 17.8 Å². The number of aromatic carboxylic acids is 1. The smallest absolute Gasteiger partial charge is 0.337 e. The first-order valence-electron chi connectivity index (χ1n) is 8.96. The molecule has 1 aromatic carbocycles. The number of halogens is 1. The fraction of sp³-hybridized carbons (Fsp3) is 0.450. The molecule has 1 unspecified atom stereocenters. The molecule has 1 aliphatic rings. The molecule has 0 spiro atoms. The van der Waals surface area contributed by atoms with Crippen LogP contribution in [0, 0.1) is 13.8 Å². The molecular weight excluding hydrogens is 352 g/mol. The zero-order valence-electron chi connectivity index (χ0n) is 15.2. The van der Waals surface area contributed by atoms with Gasteiger partial charge in [-0.2, -0.15) is 0 Å². The lowest BCUT2D eigenvalue weighted by Gasteiger charge is -2.12. The van der Waals surface area contributed by atoms with Gasteiger partial charge in [-0.15, -0.1) is 0 Å². The summed E-state index contributed by atoms with van der Waals surface area (Å²) in [7, 11) is 0. The average molecular weight is 377 g/mol. The van der Waals surface area contributed by atoms with Crippen LogP contribution in [0.1, 0.15) is 45.7 Å². The van der Waals surface area contributed by atoms with Gasteiger partial charge in [0.2, 0.25) is 0 Å². The van der Waals surface area contributed by atoms with E-state index in [4.69, 9.17) is 16.3 Å². The molecule has 0 saturated carbocycles. The SMILES string of the molecule is Cc1c(CNCC2CCCO2)c(C(=O)O)c(C)n1Cc1ccc(Cl)cc1. The van der Waals surface area contributed by atoms with Crippen molar-refractivity contribution in [1.82, 2.24) is 9.88 Å². The van der Waals surface area contributed by atoms with E-state index in [1.54, 1.807) is 0 Å². The second kappa shape index (κ2) is 8.25. The lowest BCUT2D eigenvalue weighted by molar-refractivity contribution is 0.0694. The van der Waals surface area contributed by atoms with Crippen molar-refractivity contribution >= 4 is 17.6 Å². The van der Waals surface area contributed by atoms with Gasteiger partial charge >= 0.3 is 5.97 Å². The van der Waals surface area contributed by atoms with Crippen molar-refractivity contribution < 1.29 is 14.6 Å². The average Bonchev–Trinajstić information content (AvgIpc) is 3.19. The molecule has 0 aliphatic carbocycles. The minimum absolute atomic E-state index is 0.237. The first-order valence-corrected chi connectivity index (χ1v) is 9.33. The van der Waals surface area contributed by atoms with Crippen LogP contribution in [0.2, 0.25) is 5.02 Å². The van der Waals surface area contributed by atoms with E-state index >= 15 is 0 Å². The van der Waals surface area contributed by atoms with Crippen molar-refractivity contribution in [1.29, 1.82) is 0 Å². The molecule has 1 atom stereocenters. The van der Waals surface area contributed by atoms with Gasteiger partial charge in [0.1, 0.15) is 0 Å². The van der Waals surface area contributed by atoms with Gasteiger partial charge in [-0.3, -0.25) is 0 Å². The number of carboxylic acid groups (broad SMARTS) is 1. The molecule has 0 bridgehead atoms. The van der Waals surface area contributed by atoms with Crippen LogP contribution in [0.3, 0.4) is 0 Å². The van der Waals surface area contributed by atoms with Crippen LogP contribution in [0.15, 0.2) is 24.3 Å². The predicted molar refractivity (Wildman–Crippen MR) is 102 cm³/mol.